The summed E-state index contributed by atoms with van der Waals surface area (Å²) >= 11 is 0. The third kappa shape index (κ3) is 8.02. The van der Waals surface area contributed by atoms with E-state index in [0.29, 0.717) is 0 Å². The van der Waals surface area contributed by atoms with E-state index in [4.69, 9.17) is 9.84 Å². The van der Waals surface area contributed by atoms with Crippen molar-refractivity contribution < 1.29 is 9.84 Å². The van der Waals surface area contributed by atoms with Crippen LogP contribution in [0.3, 0.4) is 0 Å². The molecule has 0 saturated carbocycles. The molecule has 1 atom stereocenters. The molecule has 0 saturated heterocycles. The maximum atomic E-state index is 8.49. The molecule has 0 amide bonds. The van der Waals surface area contributed by atoms with E-state index in [2.05, 4.69) is 13.8 Å². The van der Waals surface area contributed by atoms with Crippen LogP contribution in [0, 0.1) is 5.92 Å². The second kappa shape index (κ2) is 9.01. The highest BCUT2D eigenvalue weighted by Crippen LogP contribution is 2.05. The van der Waals surface area contributed by atoms with Crippen molar-refractivity contribution in [3.63, 3.8) is 0 Å². The Morgan fingerprint density at radius 2 is 2.00 bits per heavy atom. The first-order valence-corrected chi connectivity index (χ1v) is 4.99. The van der Waals surface area contributed by atoms with Crippen LogP contribution in [0.5, 0.6) is 0 Å². The van der Waals surface area contributed by atoms with E-state index in [-0.39, 0.29) is 6.61 Å². The average Bonchev–Trinajstić information content (AvgIpc) is 2.10. The Morgan fingerprint density at radius 1 is 1.25 bits per heavy atom. The number of ether oxygens (including phenoxy) is 1. The Hall–Kier alpha value is -0.0800. The van der Waals surface area contributed by atoms with Crippen molar-refractivity contribution >= 4 is 0 Å². The molecule has 0 heterocycles. The van der Waals surface area contributed by atoms with Gasteiger partial charge in [-0.25, -0.2) is 0 Å². The lowest BCUT2D eigenvalue weighted by Gasteiger charge is -2.08. The lowest BCUT2D eigenvalue weighted by atomic mass is 10.1. The number of hydrogen-bond acceptors (Lipinski definition) is 2. The molecule has 2 heteroatoms. The topological polar surface area (TPSA) is 29.5 Å². The summed E-state index contributed by atoms with van der Waals surface area (Å²) in [5.41, 5.74) is 0. The van der Waals surface area contributed by atoms with E-state index < -0.39 is 0 Å². The van der Waals surface area contributed by atoms with E-state index >= 15 is 0 Å². The van der Waals surface area contributed by atoms with E-state index in [1.807, 2.05) is 0 Å². The first-order valence-electron chi connectivity index (χ1n) is 4.99. The van der Waals surface area contributed by atoms with Gasteiger partial charge in [-0.2, -0.15) is 0 Å². The van der Waals surface area contributed by atoms with Crippen LogP contribution >= 0.6 is 0 Å². The Kier molecular flexibility index (Phi) is 8.95. The molecule has 0 fully saturated rings. The van der Waals surface area contributed by atoms with Gasteiger partial charge in [0.2, 0.25) is 0 Å². The Morgan fingerprint density at radius 3 is 2.58 bits per heavy atom. The van der Waals surface area contributed by atoms with Crippen molar-refractivity contribution in [3.05, 3.63) is 0 Å². The maximum Gasteiger partial charge on any atom is 0.0468 e. The molecule has 0 radical (unpaired) electrons. The van der Waals surface area contributed by atoms with Crippen LogP contribution < -0.4 is 0 Å². The minimum Gasteiger partial charge on any atom is -0.396 e. The zero-order valence-electron chi connectivity index (χ0n) is 8.38. The molecule has 0 rings (SSSR count). The van der Waals surface area contributed by atoms with Crippen LogP contribution in [-0.4, -0.2) is 24.9 Å². The molecule has 12 heavy (non-hydrogen) atoms. The highest BCUT2D eigenvalue weighted by atomic mass is 16.5. The van der Waals surface area contributed by atoms with Crippen LogP contribution in [0.1, 0.15) is 39.5 Å². The zero-order valence-corrected chi connectivity index (χ0v) is 8.38. The molecule has 0 aromatic carbocycles. The van der Waals surface area contributed by atoms with Crippen molar-refractivity contribution in [1.82, 2.24) is 0 Å². The minimum absolute atomic E-state index is 0.286. The molecule has 2 nitrogen and oxygen atoms in total. The Labute approximate surface area is 75.9 Å². The number of hydrogen-bond donors (Lipinski definition) is 1. The van der Waals surface area contributed by atoms with E-state index in [0.717, 1.165) is 38.4 Å². The molecule has 0 spiro atoms. The van der Waals surface area contributed by atoms with Gasteiger partial charge in [0.05, 0.1) is 0 Å². The van der Waals surface area contributed by atoms with Crippen molar-refractivity contribution in [2.75, 3.05) is 19.8 Å². The van der Waals surface area contributed by atoms with Crippen molar-refractivity contribution in [1.29, 1.82) is 0 Å². The highest BCUT2D eigenvalue weighted by Gasteiger charge is 1.97. The van der Waals surface area contributed by atoms with Crippen molar-refractivity contribution in [2.45, 2.75) is 39.5 Å². The van der Waals surface area contributed by atoms with Crippen LogP contribution in [0.15, 0.2) is 0 Å². The summed E-state index contributed by atoms with van der Waals surface area (Å²) < 4.78 is 5.40. The van der Waals surface area contributed by atoms with Gasteiger partial charge in [-0.1, -0.05) is 20.3 Å². The smallest absolute Gasteiger partial charge is 0.0468 e. The Bertz CT molecular complexity index is 83.9. The van der Waals surface area contributed by atoms with Gasteiger partial charge < -0.3 is 9.84 Å². The first-order chi connectivity index (χ1) is 5.81. The number of aliphatic hydroxyl groups excluding tert-OH is 1. The molecule has 0 aliphatic carbocycles. The summed E-state index contributed by atoms with van der Waals surface area (Å²) in [5, 5.41) is 8.49. The normalized spacial score (nSPS) is 13.2. The summed E-state index contributed by atoms with van der Waals surface area (Å²) in [7, 11) is 0. The fourth-order valence-electron chi connectivity index (χ4n) is 0.907. The van der Waals surface area contributed by atoms with Gasteiger partial charge in [0.15, 0.2) is 0 Å². The van der Waals surface area contributed by atoms with Gasteiger partial charge in [-0.3, -0.25) is 0 Å². The summed E-state index contributed by atoms with van der Waals surface area (Å²) in [4.78, 5) is 0. The quantitative estimate of drug-likeness (QED) is 0.572. The zero-order chi connectivity index (χ0) is 9.23. The molecule has 1 unspecified atom stereocenters. The van der Waals surface area contributed by atoms with Gasteiger partial charge >= 0.3 is 0 Å². The molecule has 0 aromatic rings. The fraction of sp³-hybridized carbons (Fsp3) is 1.00. The minimum atomic E-state index is 0.286. The summed E-state index contributed by atoms with van der Waals surface area (Å²) in [6, 6.07) is 0. The lowest BCUT2D eigenvalue weighted by Crippen LogP contribution is -2.02. The monoisotopic (exact) mass is 174 g/mol. The van der Waals surface area contributed by atoms with Crippen LogP contribution in [-0.2, 0) is 4.74 Å². The number of unbranched alkanes of at least 4 members (excludes halogenated alkanes) is 1. The van der Waals surface area contributed by atoms with Crippen molar-refractivity contribution in [3.8, 4) is 0 Å². The van der Waals surface area contributed by atoms with Gasteiger partial charge in [-0.05, 0) is 25.2 Å². The van der Waals surface area contributed by atoms with Gasteiger partial charge in [0.1, 0.15) is 0 Å². The summed E-state index contributed by atoms with van der Waals surface area (Å²) in [6.45, 7) is 6.42. The lowest BCUT2D eigenvalue weighted by molar-refractivity contribution is 0.113. The number of rotatable bonds is 8. The SMILES string of the molecule is CCC(C)CCOCCCCO. The predicted octanol–water partition coefficient (Wildman–Crippen LogP) is 2.21. The van der Waals surface area contributed by atoms with Crippen molar-refractivity contribution in [2.24, 2.45) is 5.92 Å². The standard InChI is InChI=1S/C10H22O2/c1-3-10(2)6-9-12-8-5-4-7-11/h10-11H,3-9H2,1-2H3. The summed E-state index contributed by atoms with van der Waals surface area (Å²) in [6.07, 6.45) is 4.25. The Balaban J connectivity index is 2.90. The molecule has 0 aliphatic heterocycles. The van der Waals surface area contributed by atoms with Crippen LogP contribution in [0.2, 0.25) is 0 Å². The molecule has 1 N–H and O–H groups in total. The van der Waals surface area contributed by atoms with Crippen LogP contribution in [0.4, 0.5) is 0 Å². The molecule has 74 valence electrons. The number of aliphatic hydroxyl groups is 1. The van der Waals surface area contributed by atoms with Gasteiger partial charge in [-0.15, -0.1) is 0 Å². The second-order valence-corrected chi connectivity index (χ2v) is 3.35. The van der Waals surface area contributed by atoms with E-state index in [1.165, 1.54) is 6.42 Å². The molecule has 0 bridgehead atoms. The van der Waals surface area contributed by atoms with E-state index in [1.54, 1.807) is 0 Å². The summed E-state index contributed by atoms with van der Waals surface area (Å²) in [5.74, 6) is 0.780. The van der Waals surface area contributed by atoms with Gasteiger partial charge in [0.25, 0.3) is 0 Å². The molecular weight excluding hydrogens is 152 g/mol. The first kappa shape index (κ1) is 11.9. The van der Waals surface area contributed by atoms with Gasteiger partial charge in [0, 0.05) is 19.8 Å². The highest BCUT2D eigenvalue weighted by molar-refractivity contribution is 4.48. The van der Waals surface area contributed by atoms with E-state index in [9.17, 15) is 0 Å². The van der Waals surface area contributed by atoms with Crippen LogP contribution in [0.25, 0.3) is 0 Å². The maximum absolute atomic E-state index is 8.49. The molecule has 0 aromatic heterocycles. The third-order valence-electron chi connectivity index (χ3n) is 2.15. The second-order valence-electron chi connectivity index (χ2n) is 3.35. The largest absolute Gasteiger partial charge is 0.396 e. The fourth-order valence-corrected chi connectivity index (χ4v) is 0.907. The molecular formula is C10H22O2. The molecule has 0 aliphatic rings. The predicted molar refractivity (Wildman–Crippen MR) is 51.2 cm³/mol. The average molecular weight is 174 g/mol. The third-order valence-corrected chi connectivity index (χ3v) is 2.15.